The highest BCUT2D eigenvalue weighted by Gasteiger charge is 2.35. The van der Waals surface area contributed by atoms with E-state index in [1.165, 1.54) is 0 Å². The minimum atomic E-state index is -3.61. The van der Waals surface area contributed by atoms with E-state index < -0.39 is 15.6 Å². The third-order valence-electron chi connectivity index (χ3n) is 3.90. The van der Waals surface area contributed by atoms with Gasteiger partial charge in [-0.3, -0.25) is 4.68 Å². The lowest BCUT2D eigenvalue weighted by atomic mass is 9.94. The van der Waals surface area contributed by atoms with Crippen LogP contribution < -0.4 is 10.5 Å². The van der Waals surface area contributed by atoms with Gasteiger partial charge in [-0.2, -0.15) is 5.10 Å². The molecule has 7 nitrogen and oxygen atoms in total. The number of nitrogens with zero attached hydrogens (tertiary/aromatic N) is 2. The molecule has 2 rings (SSSR count). The quantitative estimate of drug-likeness (QED) is 0.814. The largest absolute Gasteiger partial charge is 0.381 e. The standard InChI is InChI=1S/C13H24N4O3S/c1-10-12(11(2)17(15-10)7-6-14)21(18,19)16-13(3)4-8-20-9-5-13/h16H,4-9,14H2,1-3H3. The summed E-state index contributed by atoms with van der Waals surface area (Å²) < 4.78 is 35.2. The van der Waals surface area contributed by atoms with Gasteiger partial charge in [-0.25, -0.2) is 13.1 Å². The van der Waals surface area contributed by atoms with Gasteiger partial charge in [0.05, 0.1) is 17.9 Å². The van der Waals surface area contributed by atoms with Crippen LogP contribution in [0.5, 0.6) is 0 Å². The molecule has 0 saturated carbocycles. The first-order chi connectivity index (χ1) is 9.79. The van der Waals surface area contributed by atoms with Gasteiger partial charge >= 0.3 is 0 Å². The van der Waals surface area contributed by atoms with E-state index >= 15 is 0 Å². The highest BCUT2D eigenvalue weighted by Crippen LogP contribution is 2.25. The number of rotatable bonds is 5. The zero-order valence-electron chi connectivity index (χ0n) is 12.8. The van der Waals surface area contributed by atoms with E-state index in [1.54, 1.807) is 18.5 Å². The van der Waals surface area contributed by atoms with Crippen LogP contribution in [0, 0.1) is 13.8 Å². The van der Waals surface area contributed by atoms with Crippen LogP contribution >= 0.6 is 0 Å². The molecule has 1 aliphatic heterocycles. The molecule has 8 heteroatoms. The molecule has 0 aromatic carbocycles. The second kappa shape index (κ2) is 6.04. The van der Waals surface area contributed by atoms with E-state index in [4.69, 9.17) is 10.5 Å². The van der Waals surface area contributed by atoms with Gasteiger partial charge < -0.3 is 10.5 Å². The second-order valence-corrected chi connectivity index (χ2v) is 7.41. The van der Waals surface area contributed by atoms with Crippen molar-refractivity contribution < 1.29 is 13.2 Å². The van der Waals surface area contributed by atoms with Crippen molar-refractivity contribution in [2.45, 2.75) is 50.6 Å². The maximum absolute atomic E-state index is 12.7. The van der Waals surface area contributed by atoms with E-state index in [1.807, 2.05) is 6.92 Å². The summed E-state index contributed by atoms with van der Waals surface area (Å²) in [4.78, 5) is 0.267. The van der Waals surface area contributed by atoms with Crippen LogP contribution in [-0.4, -0.2) is 43.5 Å². The lowest BCUT2D eigenvalue weighted by Crippen LogP contribution is -2.49. The normalized spacial score (nSPS) is 18.9. The summed E-state index contributed by atoms with van der Waals surface area (Å²) in [6.07, 6.45) is 1.34. The molecule has 0 amide bonds. The summed E-state index contributed by atoms with van der Waals surface area (Å²) >= 11 is 0. The van der Waals surface area contributed by atoms with Crippen LogP contribution in [0.3, 0.4) is 0 Å². The van der Waals surface area contributed by atoms with Gasteiger partial charge in [0.2, 0.25) is 10.0 Å². The first-order valence-corrected chi connectivity index (χ1v) is 8.63. The second-order valence-electron chi connectivity index (χ2n) is 5.79. The van der Waals surface area contributed by atoms with Crippen molar-refractivity contribution in [1.29, 1.82) is 0 Å². The van der Waals surface area contributed by atoms with Gasteiger partial charge in [-0.1, -0.05) is 0 Å². The summed E-state index contributed by atoms with van der Waals surface area (Å²) in [5, 5.41) is 4.27. The zero-order chi connectivity index (χ0) is 15.7. The number of aromatic nitrogens is 2. The van der Waals surface area contributed by atoms with Gasteiger partial charge in [-0.05, 0) is 33.6 Å². The van der Waals surface area contributed by atoms with E-state index in [9.17, 15) is 8.42 Å². The lowest BCUT2D eigenvalue weighted by Gasteiger charge is -2.34. The molecule has 1 fully saturated rings. The number of hydrogen-bond acceptors (Lipinski definition) is 5. The van der Waals surface area contributed by atoms with E-state index in [-0.39, 0.29) is 4.90 Å². The van der Waals surface area contributed by atoms with E-state index in [0.717, 1.165) is 0 Å². The van der Waals surface area contributed by atoms with Crippen molar-refractivity contribution >= 4 is 10.0 Å². The van der Waals surface area contributed by atoms with Crippen molar-refractivity contribution in [3.8, 4) is 0 Å². The molecule has 1 aliphatic rings. The number of hydrogen-bond donors (Lipinski definition) is 2. The Kier molecular flexibility index (Phi) is 4.72. The van der Waals surface area contributed by atoms with Crippen LogP contribution in [0.4, 0.5) is 0 Å². The number of ether oxygens (including phenoxy) is 1. The van der Waals surface area contributed by atoms with Gasteiger partial charge in [0, 0.05) is 25.3 Å². The van der Waals surface area contributed by atoms with Crippen LogP contribution in [0.25, 0.3) is 0 Å². The topological polar surface area (TPSA) is 99.2 Å². The Morgan fingerprint density at radius 1 is 1.38 bits per heavy atom. The first kappa shape index (κ1) is 16.4. The summed E-state index contributed by atoms with van der Waals surface area (Å²) in [6, 6.07) is 0. The molecule has 0 bridgehead atoms. The Labute approximate surface area is 125 Å². The maximum Gasteiger partial charge on any atom is 0.244 e. The molecule has 0 aliphatic carbocycles. The monoisotopic (exact) mass is 316 g/mol. The Bertz CT molecular complexity index is 603. The molecular weight excluding hydrogens is 292 g/mol. The molecular formula is C13H24N4O3S. The molecule has 0 spiro atoms. The molecule has 0 unspecified atom stereocenters. The minimum absolute atomic E-state index is 0.267. The fourth-order valence-corrected chi connectivity index (χ4v) is 4.59. The zero-order valence-corrected chi connectivity index (χ0v) is 13.7. The van der Waals surface area contributed by atoms with Crippen LogP contribution in [-0.2, 0) is 21.3 Å². The summed E-state index contributed by atoms with van der Waals surface area (Å²) in [5.74, 6) is 0. The molecule has 120 valence electrons. The Hall–Kier alpha value is -0.960. The molecule has 0 atom stereocenters. The lowest BCUT2D eigenvalue weighted by molar-refractivity contribution is 0.0537. The Morgan fingerprint density at radius 3 is 2.57 bits per heavy atom. The number of sulfonamides is 1. The number of nitrogens with one attached hydrogen (secondary N) is 1. The van der Waals surface area contributed by atoms with Crippen molar-refractivity contribution in [3.63, 3.8) is 0 Å². The summed E-state index contributed by atoms with van der Waals surface area (Å²) in [7, 11) is -3.61. The maximum atomic E-state index is 12.7. The van der Waals surface area contributed by atoms with Gasteiger partial charge in [0.1, 0.15) is 4.90 Å². The van der Waals surface area contributed by atoms with Gasteiger partial charge in [0.15, 0.2) is 0 Å². The predicted octanol–water partition coefficient (Wildman–Crippen LogP) is 0.306. The van der Waals surface area contributed by atoms with Crippen LogP contribution in [0.1, 0.15) is 31.2 Å². The van der Waals surface area contributed by atoms with E-state index in [0.29, 0.717) is 50.5 Å². The molecule has 1 saturated heterocycles. The number of aryl methyl sites for hydroxylation is 1. The van der Waals surface area contributed by atoms with Crippen molar-refractivity contribution in [3.05, 3.63) is 11.4 Å². The van der Waals surface area contributed by atoms with Crippen molar-refractivity contribution in [1.82, 2.24) is 14.5 Å². The van der Waals surface area contributed by atoms with Crippen molar-refractivity contribution in [2.24, 2.45) is 5.73 Å². The summed E-state index contributed by atoms with van der Waals surface area (Å²) in [5.41, 5.74) is 6.19. The molecule has 0 radical (unpaired) electrons. The van der Waals surface area contributed by atoms with E-state index in [2.05, 4.69) is 9.82 Å². The minimum Gasteiger partial charge on any atom is -0.381 e. The van der Waals surface area contributed by atoms with Crippen molar-refractivity contribution in [2.75, 3.05) is 19.8 Å². The molecule has 1 aromatic rings. The third-order valence-corrected chi connectivity index (χ3v) is 5.79. The first-order valence-electron chi connectivity index (χ1n) is 7.15. The third kappa shape index (κ3) is 3.45. The molecule has 21 heavy (non-hydrogen) atoms. The highest BCUT2D eigenvalue weighted by atomic mass is 32.2. The molecule has 1 aromatic heterocycles. The Morgan fingerprint density at radius 2 is 2.00 bits per heavy atom. The molecule has 3 N–H and O–H groups in total. The highest BCUT2D eigenvalue weighted by molar-refractivity contribution is 7.89. The average molecular weight is 316 g/mol. The van der Waals surface area contributed by atoms with Crippen LogP contribution in [0.15, 0.2) is 4.90 Å². The van der Waals surface area contributed by atoms with Gasteiger partial charge in [-0.15, -0.1) is 0 Å². The number of nitrogens with two attached hydrogens (primary N) is 1. The smallest absolute Gasteiger partial charge is 0.244 e. The SMILES string of the molecule is Cc1nn(CCN)c(C)c1S(=O)(=O)NC1(C)CCOCC1. The van der Waals surface area contributed by atoms with Crippen LogP contribution in [0.2, 0.25) is 0 Å². The fraction of sp³-hybridized carbons (Fsp3) is 0.769. The average Bonchev–Trinajstić information content (AvgIpc) is 2.65. The fourth-order valence-electron chi connectivity index (χ4n) is 2.71. The predicted molar refractivity (Wildman–Crippen MR) is 79.5 cm³/mol. The Balaban J connectivity index is 2.31. The summed E-state index contributed by atoms with van der Waals surface area (Å²) in [6.45, 7) is 7.46. The van der Waals surface area contributed by atoms with Gasteiger partial charge in [0.25, 0.3) is 0 Å². The molecule has 2 heterocycles.